The highest BCUT2D eigenvalue weighted by Crippen LogP contribution is 2.54. The molecular weight excluding hydrogens is 749 g/mol. The Morgan fingerprint density at radius 1 is 0.355 bits per heavy atom. The fourth-order valence-electron chi connectivity index (χ4n) is 11.0. The van der Waals surface area contributed by atoms with Crippen LogP contribution in [0.1, 0.15) is 49.9 Å². The van der Waals surface area contributed by atoms with Gasteiger partial charge >= 0.3 is 0 Å². The molecule has 0 radical (unpaired) electrons. The number of nitrogens with zero attached hydrogens (tertiary/aromatic N) is 2. The fourth-order valence-corrected chi connectivity index (χ4v) is 11.0. The molecule has 1 aromatic heterocycles. The maximum absolute atomic E-state index is 2.46. The van der Waals surface area contributed by atoms with Gasteiger partial charge in [0.05, 0.1) is 16.7 Å². The Morgan fingerprint density at radius 3 is 1.63 bits per heavy atom. The molecule has 0 aliphatic heterocycles. The zero-order chi connectivity index (χ0) is 41.7. The smallest absolute Gasteiger partial charge is 0.0541 e. The van der Waals surface area contributed by atoms with E-state index in [4.69, 9.17) is 0 Å². The Morgan fingerprint density at radius 2 is 0.887 bits per heavy atom. The van der Waals surface area contributed by atoms with Gasteiger partial charge in [-0.05, 0) is 122 Å². The summed E-state index contributed by atoms with van der Waals surface area (Å²) in [7, 11) is 0. The number of hydrogen-bond acceptors (Lipinski definition) is 1. The molecule has 0 N–H and O–H groups in total. The van der Waals surface area contributed by atoms with Crippen molar-refractivity contribution in [2.75, 3.05) is 4.90 Å². The zero-order valence-electron chi connectivity index (χ0n) is 35.5. The summed E-state index contributed by atoms with van der Waals surface area (Å²) in [5.74, 6) is 0. The van der Waals surface area contributed by atoms with Gasteiger partial charge in [0, 0.05) is 44.2 Å². The SMILES string of the molecule is CC1(C)c2ccccc2-c2cc(-c3cccc(N(c4ccc(-n5c6ccccc6c6ccccc65)cc4)c4ccccc4-c4cccc5c4-c4ccccc4C5(C)C)c3)ccc21. The highest BCUT2D eigenvalue weighted by molar-refractivity contribution is 6.09. The van der Waals surface area contributed by atoms with Gasteiger partial charge in [-0.25, -0.2) is 0 Å². The molecule has 296 valence electrons. The number of para-hydroxylation sites is 3. The average Bonchev–Trinajstić information content (AvgIpc) is 3.87. The monoisotopic (exact) mass is 794 g/mol. The van der Waals surface area contributed by atoms with Crippen LogP contribution in [0.2, 0.25) is 0 Å². The lowest BCUT2D eigenvalue weighted by Crippen LogP contribution is -2.15. The Bertz CT molecular complexity index is 3360. The minimum Gasteiger partial charge on any atom is -0.310 e. The topological polar surface area (TPSA) is 8.17 Å². The molecule has 2 heteroatoms. The first-order valence-corrected chi connectivity index (χ1v) is 21.9. The molecule has 1 heterocycles. The minimum absolute atomic E-state index is 0.0362. The summed E-state index contributed by atoms with van der Waals surface area (Å²) in [5, 5.41) is 2.52. The van der Waals surface area contributed by atoms with Crippen molar-refractivity contribution in [3.05, 3.63) is 229 Å². The fraction of sp³-hybridized carbons (Fsp3) is 0.100. The molecule has 10 aromatic rings. The second kappa shape index (κ2) is 13.5. The van der Waals surface area contributed by atoms with Crippen LogP contribution in [0.5, 0.6) is 0 Å². The summed E-state index contributed by atoms with van der Waals surface area (Å²) in [6.45, 7) is 9.42. The van der Waals surface area contributed by atoms with Crippen LogP contribution in [0, 0.1) is 0 Å². The largest absolute Gasteiger partial charge is 0.310 e. The normalized spacial score (nSPS) is 14.1. The summed E-state index contributed by atoms with van der Waals surface area (Å²) in [4.78, 5) is 2.46. The van der Waals surface area contributed by atoms with E-state index >= 15 is 0 Å². The van der Waals surface area contributed by atoms with E-state index in [1.165, 1.54) is 88.6 Å². The van der Waals surface area contributed by atoms with Crippen molar-refractivity contribution < 1.29 is 0 Å². The standard InChI is InChI=1S/C60H46N2/c1-59(2)51-25-10-5-19-44(51)50-38-40(31-36-53(50)59)39-17-15-18-43(37-39)61(41-32-34-42(35-33-41)62-56-29-13-7-20-45(56)46-21-8-14-30-57(46)62)55-28-12-9-22-47(55)48-24-16-27-54-58(48)49-23-6-11-26-52(49)60(54,3)4/h5-38H,1-4H3. The number of anilines is 3. The van der Waals surface area contributed by atoms with Crippen molar-refractivity contribution in [3.63, 3.8) is 0 Å². The predicted octanol–water partition coefficient (Wildman–Crippen LogP) is 16.2. The van der Waals surface area contributed by atoms with E-state index in [1.54, 1.807) is 0 Å². The minimum atomic E-state index is -0.0981. The van der Waals surface area contributed by atoms with Gasteiger partial charge in [0.25, 0.3) is 0 Å². The molecule has 0 unspecified atom stereocenters. The Balaban J connectivity index is 1.05. The molecule has 2 nitrogen and oxygen atoms in total. The van der Waals surface area contributed by atoms with Gasteiger partial charge in [-0.1, -0.05) is 173 Å². The number of fused-ring (bicyclic) bond motifs is 9. The summed E-state index contributed by atoms with van der Waals surface area (Å²) in [5.41, 5.74) is 22.5. The lowest BCUT2D eigenvalue weighted by atomic mass is 9.82. The van der Waals surface area contributed by atoms with E-state index in [-0.39, 0.29) is 10.8 Å². The molecule has 0 bridgehead atoms. The van der Waals surface area contributed by atoms with Gasteiger partial charge in [-0.15, -0.1) is 0 Å². The summed E-state index contributed by atoms with van der Waals surface area (Å²) in [6, 6.07) is 76.6. The zero-order valence-corrected chi connectivity index (χ0v) is 35.5. The van der Waals surface area contributed by atoms with E-state index in [0.717, 1.165) is 22.7 Å². The predicted molar refractivity (Wildman–Crippen MR) is 261 cm³/mol. The first-order chi connectivity index (χ1) is 30.3. The maximum atomic E-state index is 2.46. The van der Waals surface area contributed by atoms with Crippen LogP contribution >= 0.6 is 0 Å². The molecule has 0 atom stereocenters. The third-order valence-corrected chi connectivity index (χ3v) is 14.0. The second-order valence-electron chi connectivity index (χ2n) is 18.1. The second-order valence-corrected chi connectivity index (χ2v) is 18.1. The molecular formula is C60H46N2. The van der Waals surface area contributed by atoms with Crippen LogP contribution in [0.4, 0.5) is 17.1 Å². The van der Waals surface area contributed by atoms with Crippen molar-refractivity contribution >= 4 is 38.9 Å². The molecule has 0 fully saturated rings. The Hall–Kier alpha value is -7.42. The third-order valence-electron chi connectivity index (χ3n) is 14.0. The maximum Gasteiger partial charge on any atom is 0.0541 e. The third kappa shape index (κ3) is 5.29. The molecule has 2 aliphatic rings. The first-order valence-electron chi connectivity index (χ1n) is 21.9. The van der Waals surface area contributed by atoms with E-state index in [2.05, 4.69) is 243 Å². The number of rotatable bonds is 6. The van der Waals surface area contributed by atoms with E-state index in [1.807, 2.05) is 0 Å². The molecule has 0 spiro atoms. The van der Waals surface area contributed by atoms with Crippen molar-refractivity contribution in [1.82, 2.24) is 4.57 Å². The van der Waals surface area contributed by atoms with Gasteiger partial charge in [-0.3, -0.25) is 0 Å². The van der Waals surface area contributed by atoms with Crippen LogP contribution < -0.4 is 4.90 Å². The molecule has 12 rings (SSSR count). The van der Waals surface area contributed by atoms with Crippen LogP contribution in [-0.4, -0.2) is 4.57 Å². The molecule has 2 aliphatic carbocycles. The summed E-state index contributed by atoms with van der Waals surface area (Å²) >= 11 is 0. The lowest BCUT2D eigenvalue weighted by molar-refractivity contribution is 0.660. The lowest BCUT2D eigenvalue weighted by Gasteiger charge is -2.29. The van der Waals surface area contributed by atoms with Gasteiger partial charge < -0.3 is 9.47 Å². The van der Waals surface area contributed by atoms with Gasteiger partial charge in [0.2, 0.25) is 0 Å². The average molecular weight is 795 g/mol. The van der Waals surface area contributed by atoms with Crippen molar-refractivity contribution in [2.45, 2.75) is 38.5 Å². The molecule has 0 saturated heterocycles. The molecule has 62 heavy (non-hydrogen) atoms. The van der Waals surface area contributed by atoms with Crippen molar-refractivity contribution in [1.29, 1.82) is 0 Å². The van der Waals surface area contributed by atoms with Crippen LogP contribution in [-0.2, 0) is 10.8 Å². The highest BCUT2D eigenvalue weighted by atomic mass is 15.1. The van der Waals surface area contributed by atoms with Gasteiger partial charge in [0.15, 0.2) is 0 Å². The van der Waals surface area contributed by atoms with Crippen LogP contribution in [0.15, 0.2) is 206 Å². The molecule has 0 saturated carbocycles. The van der Waals surface area contributed by atoms with Gasteiger partial charge in [-0.2, -0.15) is 0 Å². The molecule has 0 amide bonds. The molecule has 9 aromatic carbocycles. The highest BCUT2D eigenvalue weighted by Gasteiger charge is 2.38. The number of hydrogen-bond donors (Lipinski definition) is 0. The Kier molecular flexibility index (Phi) is 7.96. The summed E-state index contributed by atoms with van der Waals surface area (Å²) in [6.07, 6.45) is 0. The van der Waals surface area contributed by atoms with Crippen LogP contribution in [0.3, 0.4) is 0 Å². The van der Waals surface area contributed by atoms with E-state index in [0.29, 0.717) is 0 Å². The summed E-state index contributed by atoms with van der Waals surface area (Å²) < 4.78 is 2.40. The van der Waals surface area contributed by atoms with E-state index < -0.39 is 0 Å². The van der Waals surface area contributed by atoms with E-state index in [9.17, 15) is 0 Å². The quantitative estimate of drug-likeness (QED) is 0.163. The van der Waals surface area contributed by atoms with Gasteiger partial charge in [0.1, 0.15) is 0 Å². The van der Waals surface area contributed by atoms with Crippen molar-refractivity contribution in [3.8, 4) is 50.2 Å². The number of aromatic nitrogens is 1. The first kappa shape index (κ1) is 36.4. The van der Waals surface area contributed by atoms with Crippen LogP contribution in [0.25, 0.3) is 72.0 Å². The Labute approximate surface area is 364 Å². The van der Waals surface area contributed by atoms with Crippen molar-refractivity contribution in [2.24, 2.45) is 0 Å². The number of benzene rings is 9.